The van der Waals surface area contributed by atoms with Gasteiger partial charge >= 0.3 is 0 Å². The summed E-state index contributed by atoms with van der Waals surface area (Å²) in [6.45, 7) is 3.95. The maximum absolute atomic E-state index is 12.4. The number of anilines is 4. The Hall–Kier alpha value is -3.41. The second-order valence-corrected chi connectivity index (χ2v) is 6.63. The van der Waals surface area contributed by atoms with Crippen molar-refractivity contribution in [2.75, 3.05) is 29.6 Å². The van der Waals surface area contributed by atoms with E-state index in [1.165, 1.54) is 12.4 Å². The summed E-state index contributed by atoms with van der Waals surface area (Å²) in [6, 6.07) is 13.9. The molecule has 0 fully saturated rings. The third kappa shape index (κ3) is 4.61. The molecule has 3 rings (SSSR count). The van der Waals surface area contributed by atoms with Gasteiger partial charge in [0.15, 0.2) is 0 Å². The normalized spacial score (nSPS) is 10.4. The summed E-state index contributed by atoms with van der Waals surface area (Å²) in [4.78, 5) is 22.9. The lowest BCUT2D eigenvalue weighted by molar-refractivity contribution is 0.102. The molecule has 27 heavy (non-hydrogen) atoms. The quantitative estimate of drug-likeness (QED) is 0.714. The van der Waals surface area contributed by atoms with Gasteiger partial charge in [0.1, 0.15) is 0 Å². The number of aromatic nitrogens is 2. The zero-order chi connectivity index (χ0) is 19.4. The lowest BCUT2D eigenvalue weighted by Crippen LogP contribution is -2.14. The van der Waals surface area contributed by atoms with Crippen LogP contribution in [0, 0.1) is 13.8 Å². The van der Waals surface area contributed by atoms with Gasteiger partial charge in [-0.05, 0) is 55.3 Å². The predicted molar refractivity (Wildman–Crippen MR) is 110 cm³/mol. The Morgan fingerprint density at radius 3 is 2.26 bits per heavy atom. The average Bonchev–Trinajstić information content (AvgIpc) is 2.65. The van der Waals surface area contributed by atoms with Crippen molar-refractivity contribution in [1.29, 1.82) is 0 Å². The number of benzene rings is 2. The summed E-state index contributed by atoms with van der Waals surface area (Å²) in [5, 5.41) is 6.04. The standard InChI is InChI=1S/C21H23N5O/c1-14-5-6-15(2)19(11-14)25-20(27)16-12-22-21(23-13-16)24-17-7-9-18(10-8-17)26(3)4/h5-13H,1-4H3,(H,25,27)(H,22,23,24). The van der Waals surface area contributed by atoms with Gasteiger partial charge < -0.3 is 15.5 Å². The van der Waals surface area contributed by atoms with Crippen molar-refractivity contribution in [3.63, 3.8) is 0 Å². The molecule has 0 bridgehead atoms. The lowest BCUT2D eigenvalue weighted by Gasteiger charge is -2.13. The Labute approximate surface area is 159 Å². The summed E-state index contributed by atoms with van der Waals surface area (Å²) < 4.78 is 0. The molecule has 2 aromatic carbocycles. The second kappa shape index (κ2) is 7.86. The van der Waals surface area contributed by atoms with E-state index in [1.54, 1.807) is 0 Å². The van der Waals surface area contributed by atoms with E-state index in [2.05, 4.69) is 20.6 Å². The summed E-state index contributed by atoms with van der Waals surface area (Å²) in [7, 11) is 3.99. The number of amides is 1. The summed E-state index contributed by atoms with van der Waals surface area (Å²) >= 11 is 0. The highest BCUT2D eigenvalue weighted by molar-refractivity contribution is 6.04. The molecule has 0 saturated heterocycles. The van der Waals surface area contributed by atoms with Crippen LogP contribution in [0.2, 0.25) is 0 Å². The first-order valence-electron chi connectivity index (χ1n) is 8.67. The summed E-state index contributed by atoms with van der Waals surface area (Å²) in [5.41, 5.74) is 5.29. The van der Waals surface area contributed by atoms with E-state index in [0.717, 1.165) is 28.2 Å². The Balaban J connectivity index is 1.67. The van der Waals surface area contributed by atoms with Gasteiger partial charge in [0.05, 0.1) is 5.56 Å². The number of carbonyl (C=O) groups excluding carboxylic acids is 1. The molecule has 1 heterocycles. The highest BCUT2D eigenvalue weighted by Gasteiger charge is 2.09. The number of aryl methyl sites for hydroxylation is 2. The molecule has 0 saturated carbocycles. The van der Waals surface area contributed by atoms with Crippen molar-refractivity contribution < 1.29 is 4.79 Å². The van der Waals surface area contributed by atoms with Gasteiger partial charge in [0.25, 0.3) is 5.91 Å². The Morgan fingerprint density at radius 1 is 0.963 bits per heavy atom. The molecule has 0 radical (unpaired) electrons. The predicted octanol–water partition coefficient (Wildman–Crippen LogP) is 4.16. The Morgan fingerprint density at radius 2 is 1.63 bits per heavy atom. The fraction of sp³-hybridized carbons (Fsp3) is 0.190. The minimum atomic E-state index is -0.231. The number of hydrogen-bond donors (Lipinski definition) is 2. The average molecular weight is 361 g/mol. The van der Waals surface area contributed by atoms with E-state index in [-0.39, 0.29) is 5.91 Å². The van der Waals surface area contributed by atoms with Crippen LogP contribution in [0.25, 0.3) is 0 Å². The van der Waals surface area contributed by atoms with Crippen LogP contribution in [0.3, 0.4) is 0 Å². The molecule has 2 N–H and O–H groups in total. The lowest BCUT2D eigenvalue weighted by atomic mass is 10.1. The molecule has 6 nitrogen and oxygen atoms in total. The van der Waals surface area contributed by atoms with Gasteiger partial charge in [-0.1, -0.05) is 12.1 Å². The van der Waals surface area contributed by atoms with Crippen molar-refractivity contribution in [2.45, 2.75) is 13.8 Å². The molecular weight excluding hydrogens is 338 g/mol. The monoisotopic (exact) mass is 361 g/mol. The number of nitrogens with zero attached hydrogens (tertiary/aromatic N) is 3. The number of rotatable bonds is 5. The minimum absolute atomic E-state index is 0.231. The van der Waals surface area contributed by atoms with Gasteiger partial charge in [0, 0.05) is 43.6 Å². The van der Waals surface area contributed by atoms with Crippen molar-refractivity contribution >= 4 is 28.9 Å². The molecule has 0 atom stereocenters. The zero-order valence-electron chi connectivity index (χ0n) is 15.9. The maximum atomic E-state index is 12.4. The van der Waals surface area contributed by atoms with Gasteiger partial charge in [-0.25, -0.2) is 9.97 Å². The Bertz CT molecular complexity index is 934. The molecule has 0 aliphatic rings. The van der Waals surface area contributed by atoms with Crippen LogP contribution >= 0.6 is 0 Å². The minimum Gasteiger partial charge on any atom is -0.378 e. The molecule has 0 unspecified atom stereocenters. The third-order valence-electron chi connectivity index (χ3n) is 4.20. The van der Waals surface area contributed by atoms with Gasteiger partial charge in [-0.2, -0.15) is 0 Å². The maximum Gasteiger partial charge on any atom is 0.258 e. The largest absolute Gasteiger partial charge is 0.378 e. The van der Waals surface area contributed by atoms with Crippen LogP contribution in [0.5, 0.6) is 0 Å². The van der Waals surface area contributed by atoms with Gasteiger partial charge in [-0.15, -0.1) is 0 Å². The van der Waals surface area contributed by atoms with Gasteiger partial charge in [0.2, 0.25) is 5.95 Å². The van der Waals surface area contributed by atoms with Crippen molar-refractivity contribution in [3.05, 3.63) is 71.5 Å². The first-order valence-corrected chi connectivity index (χ1v) is 8.67. The van der Waals surface area contributed by atoms with Crippen LogP contribution in [-0.2, 0) is 0 Å². The molecule has 1 aromatic heterocycles. The molecule has 1 amide bonds. The third-order valence-corrected chi connectivity index (χ3v) is 4.20. The molecule has 0 spiro atoms. The summed E-state index contributed by atoms with van der Waals surface area (Å²) in [6.07, 6.45) is 3.04. The first kappa shape index (κ1) is 18.4. The van der Waals surface area contributed by atoms with Crippen molar-refractivity contribution in [1.82, 2.24) is 9.97 Å². The van der Waals surface area contributed by atoms with Gasteiger partial charge in [-0.3, -0.25) is 4.79 Å². The van der Waals surface area contributed by atoms with E-state index in [0.29, 0.717) is 11.5 Å². The first-order chi connectivity index (χ1) is 12.9. The summed E-state index contributed by atoms with van der Waals surface area (Å²) in [5.74, 6) is 0.210. The van der Waals surface area contributed by atoms with Crippen LogP contribution in [0.4, 0.5) is 23.0 Å². The smallest absolute Gasteiger partial charge is 0.258 e. The Kier molecular flexibility index (Phi) is 5.35. The van der Waals surface area contributed by atoms with Crippen LogP contribution in [-0.4, -0.2) is 30.0 Å². The molecule has 3 aromatic rings. The van der Waals surface area contributed by atoms with Crippen LogP contribution < -0.4 is 15.5 Å². The fourth-order valence-corrected chi connectivity index (χ4v) is 2.55. The topological polar surface area (TPSA) is 70.2 Å². The highest BCUT2D eigenvalue weighted by atomic mass is 16.1. The van der Waals surface area contributed by atoms with Crippen LogP contribution in [0.1, 0.15) is 21.5 Å². The van der Waals surface area contributed by atoms with Crippen molar-refractivity contribution in [3.8, 4) is 0 Å². The molecule has 0 aliphatic heterocycles. The number of nitrogens with one attached hydrogen (secondary N) is 2. The van der Waals surface area contributed by atoms with Crippen LogP contribution in [0.15, 0.2) is 54.9 Å². The number of carbonyl (C=O) groups is 1. The fourth-order valence-electron chi connectivity index (χ4n) is 2.55. The highest BCUT2D eigenvalue weighted by Crippen LogP contribution is 2.19. The molecular formula is C21H23N5O. The molecule has 0 aliphatic carbocycles. The number of hydrogen-bond acceptors (Lipinski definition) is 5. The zero-order valence-corrected chi connectivity index (χ0v) is 15.9. The molecule has 6 heteroatoms. The second-order valence-electron chi connectivity index (χ2n) is 6.63. The van der Waals surface area contributed by atoms with E-state index < -0.39 is 0 Å². The van der Waals surface area contributed by atoms with E-state index in [1.807, 2.05) is 75.3 Å². The van der Waals surface area contributed by atoms with Crippen molar-refractivity contribution in [2.24, 2.45) is 0 Å². The van der Waals surface area contributed by atoms with E-state index >= 15 is 0 Å². The van der Waals surface area contributed by atoms with E-state index in [4.69, 9.17) is 0 Å². The SMILES string of the molecule is Cc1ccc(C)c(NC(=O)c2cnc(Nc3ccc(N(C)C)cc3)nc2)c1. The molecule has 138 valence electrons. The van der Waals surface area contributed by atoms with E-state index in [9.17, 15) is 4.79 Å².